The Bertz CT molecular complexity index is 1220. The first kappa shape index (κ1) is 24.6. The van der Waals surface area contributed by atoms with E-state index < -0.39 is 52.3 Å². The average molecular weight is 584 g/mol. The van der Waals surface area contributed by atoms with Crippen LogP contribution in [0.4, 0.5) is 42.1 Å². The number of nitrogens with two attached hydrogens (primary N) is 1. The van der Waals surface area contributed by atoms with Crippen LogP contribution >= 0.6 is 22.6 Å². The first-order valence-corrected chi connectivity index (χ1v) is 9.96. The van der Waals surface area contributed by atoms with Crippen molar-refractivity contribution in [1.29, 1.82) is 0 Å². The second-order valence-corrected chi connectivity index (χ2v) is 7.89. The van der Waals surface area contributed by atoms with Crippen LogP contribution in [-0.4, -0.2) is 12.1 Å². The molecule has 0 radical (unpaired) electrons. The highest BCUT2D eigenvalue weighted by molar-refractivity contribution is 14.1. The van der Waals surface area contributed by atoms with Crippen molar-refractivity contribution < 1.29 is 40.3 Å². The molecule has 0 atom stereocenters. The van der Waals surface area contributed by atoms with Gasteiger partial charge in [0.2, 0.25) is 0 Å². The Kier molecular flexibility index (Phi) is 6.77. The average Bonchev–Trinajstić information content (AvgIpc) is 2.69. The molecule has 174 valence electrons. The third kappa shape index (κ3) is 5.31. The molecule has 1 amide bonds. The zero-order valence-electron chi connectivity index (χ0n) is 16.1. The summed E-state index contributed by atoms with van der Waals surface area (Å²) in [6.45, 7) is 0. The number of alkyl halides is 5. The van der Waals surface area contributed by atoms with Crippen LogP contribution in [0.25, 0.3) is 0 Å². The minimum Gasteiger partial charge on any atom is -0.456 e. The van der Waals surface area contributed by atoms with Gasteiger partial charge in [-0.25, -0.2) is 8.78 Å². The molecule has 0 spiro atoms. The topological polar surface area (TPSA) is 64.4 Å². The molecular weight excluding hydrogens is 572 g/mol. The van der Waals surface area contributed by atoms with Gasteiger partial charge in [0.25, 0.3) is 5.91 Å². The number of benzene rings is 3. The van der Waals surface area contributed by atoms with E-state index >= 15 is 0 Å². The third-order valence-electron chi connectivity index (χ3n) is 4.29. The number of carbonyl (C=O) groups is 1. The van der Waals surface area contributed by atoms with Gasteiger partial charge in [0.05, 0.1) is 11.4 Å². The summed E-state index contributed by atoms with van der Waals surface area (Å²) in [4.78, 5) is 12.0. The molecule has 0 saturated carbocycles. The van der Waals surface area contributed by atoms with Crippen molar-refractivity contribution in [3.63, 3.8) is 0 Å². The van der Waals surface area contributed by atoms with Gasteiger partial charge in [-0.1, -0.05) is 12.1 Å². The molecule has 3 rings (SSSR count). The summed E-state index contributed by atoms with van der Waals surface area (Å²) in [5.41, 5.74) is 2.99. The molecule has 0 saturated heterocycles. The minimum absolute atomic E-state index is 0.138. The van der Waals surface area contributed by atoms with E-state index in [4.69, 9.17) is 10.5 Å². The summed E-state index contributed by atoms with van der Waals surface area (Å²) < 4.78 is 99.6. The number of carbonyl (C=O) groups excluding carboxylic acids is 1. The van der Waals surface area contributed by atoms with Gasteiger partial charge in [-0.05, 0) is 59.0 Å². The van der Waals surface area contributed by atoms with Crippen LogP contribution in [0, 0.1) is 15.2 Å². The predicted octanol–water partition coefficient (Wildman–Crippen LogP) is 6.86. The highest BCUT2D eigenvalue weighted by atomic mass is 127. The molecule has 4 nitrogen and oxygen atoms in total. The Balaban J connectivity index is 2.04. The smallest absolute Gasteiger partial charge is 0.456 e. The lowest BCUT2D eigenvalue weighted by molar-refractivity contribution is -0.289. The Morgan fingerprint density at radius 3 is 2.24 bits per heavy atom. The lowest BCUT2D eigenvalue weighted by Crippen LogP contribution is -2.33. The number of rotatable bonds is 6. The number of hydrogen-bond donors (Lipinski definition) is 2. The van der Waals surface area contributed by atoms with Crippen molar-refractivity contribution in [1.82, 2.24) is 0 Å². The second-order valence-electron chi connectivity index (χ2n) is 6.64. The Morgan fingerprint density at radius 2 is 1.64 bits per heavy atom. The maximum Gasteiger partial charge on any atom is 0.458 e. The first-order valence-electron chi connectivity index (χ1n) is 8.88. The summed E-state index contributed by atoms with van der Waals surface area (Å²) in [7, 11) is 0. The quantitative estimate of drug-likeness (QED) is 0.246. The maximum absolute atomic E-state index is 14.2. The van der Waals surface area contributed by atoms with E-state index in [0.717, 1.165) is 24.3 Å². The second kappa shape index (κ2) is 9.08. The normalized spacial score (nSPS) is 11.9. The van der Waals surface area contributed by atoms with Crippen LogP contribution in [0.1, 0.15) is 15.9 Å². The highest BCUT2D eigenvalue weighted by Gasteiger charge is 2.58. The van der Waals surface area contributed by atoms with Gasteiger partial charge < -0.3 is 15.8 Å². The largest absolute Gasteiger partial charge is 0.458 e. The maximum atomic E-state index is 14.2. The molecule has 0 unspecified atom stereocenters. The third-order valence-corrected chi connectivity index (χ3v) is 4.97. The molecule has 33 heavy (non-hydrogen) atoms. The zero-order valence-corrected chi connectivity index (χ0v) is 18.3. The highest BCUT2D eigenvalue weighted by Crippen LogP contribution is 2.45. The number of anilines is 2. The summed E-state index contributed by atoms with van der Waals surface area (Å²) in [6, 6.07) is 8.33. The summed E-state index contributed by atoms with van der Waals surface area (Å²) >= 11 is 1.86. The first-order chi connectivity index (χ1) is 15.3. The Hall–Kier alpha value is -3.03. The van der Waals surface area contributed by atoms with Gasteiger partial charge in [0.15, 0.2) is 0 Å². The van der Waals surface area contributed by atoms with Crippen molar-refractivity contribution in [2.24, 2.45) is 5.73 Å². The molecule has 0 bridgehead atoms. The zero-order chi connectivity index (χ0) is 24.6. The monoisotopic (exact) mass is 584 g/mol. The molecule has 0 aliphatic heterocycles. The van der Waals surface area contributed by atoms with E-state index in [2.05, 4.69) is 5.32 Å². The number of halogens is 8. The van der Waals surface area contributed by atoms with Crippen molar-refractivity contribution in [2.45, 2.75) is 12.1 Å². The Labute approximate surface area is 195 Å². The SMILES string of the molecule is NC(=O)c1c(Nc2ccc(I)cc2F)cc(F)cc1Oc1cccc(C(F)(F)C(F)(F)F)c1. The fraction of sp³-hybridized carbons (Fsp3) is 0.0952. The van der Waals surface area contributed by atoms with E-state index in [0.29, 0.717) is 21.8 Å². The summed E-state index contributed by atoms with van der Waals surface area (Å²) in [5, 5.41) is 2.50. The molecule has 0 aromatic heterocycles. The van der Waals surface area contributed by atoms with Gasteiger partial charge >= 0.3 is 12.1 Å². The molecule has 0 aliphatic rings. The molecule has 3 N–H and O–H groups in total. The molecule has 0 fully saturated rings. The van der Waals surface area contributed by atoms with Crippen LogP contribution in [0.5, 0.6) is 11.5 Å². The molecule has 12 heteroatoms. The van der Waals surface area contributed by atoms with Crippen LogP contribution in [-0.2, 0) is 5.92 Å². The van der Waals surface area contributed by atoms with Gasteiger partial charge in [-0.3, -0.25) is 4.79 Å². The van der Waals surface area contributed by atoms with Crippen LogP contribution in [0.3, 0.4) is 0 Å². The van der Waals surface area contributed by atoms with Crippen LogP contribution in [0.2, 0.25) is 0 Å². The van der Waals surface area contributed by atoms with Crippen molar-refractivity contribution in [2.75, 3.05) is 5.32 Å². The number of amides is 1. The van der Waals surface area contributed by atoms with Gasteiger partial charge in [0, 0.05) is 15.2 Å². The summed E-state index contributed by atoms with van der Waals surface area (Å²) in [6.07, 6.45) is -5.86. The van der Waals surface area contributed by atoms with E-state index in [-0.39, 0.29) is 11.4 Å². The fourth-order valence-corrected chi connectivity index (χ4v) is 3.25. The van der Waals surface area contributed by atoms with Crippen LogP contribution < -0.4 is 15.8 Å². The van der Waals surface area contributed by atoms with Crippen LogP contribution in [0.15, 0.2) is 54.6 Å². The number of ether oxygens (including phenoxy) is 1. The van der Waals surface area contributed by atoms with Crippen molar-refractivity contribution >= 4 is 39.9 Å². The van der Waals surface area contributed by atoms with Gasteiger partial charge in [-0.15, -0.1) is 0 Å². The molecular formula is C21H12F7IN2O2. The van der Waals surface area contributed by atoms with Gasteiger partial charge in [-0.2, -0.15) is 22.0 Å². The molecule has 0 aliphatic carbocycles. The molecule has 3 aromatic rings. The van der Waals surface area contributed by atoms with E-state index in [1.165, 1.54) is 12.1 Å². The molecule has 0 heterocycles. The number of nitrogens with one attached hydrogen (secondary N) is 1. The Morgan fingerprint density at radius 1 is 0.939 bits per heavy atom. The lowest BCUT2D eigenvalue weighted by atomic mass is 10.1. The fourth-order valence-electron chi connectivity index (χ4n) is 2.80. The van der Waals surface area contributed by atoms with Crippen molar-refractivity contribution in [3.8, 4) is 11.5 Å². The van der Waals surface area contributed by atoms with E-state index in [1.54, 1.807) is 0 Å². The summed E-state index contributed by atoms with van der Waals surface area (Å²) in [5.74, 6) is -9.18. The molecule has 3 aromatic carbocycles. The lowest BCUT2D eigenvalue weighted by Gasteiger charge is -2.20. The van der Waals surface area contributed by atoms with Crippen molar-refractivity contribution in [3.05, 3.63) is 80.9 Å². The van der Waals surface area contributed by atoms with E-state index in [9.17, 15) is 35.5 Å². The minimum atomic E-state index is -5.86. The van der Waals surface area contributed by atoms with Gasteiger partial charge in [0.1, 0.15) is 28.7 Å². The number of primary amides is 1. The number of hydrogen-bond acceptors (Lipinski definition) is 3. The van der Waals surface area contributed by atoms with E-state index in [1.807, 2.05) is 22.6 Å². The predicted molar refractivity (Wildman–Crippen MR) is 114 cm³/mol. The standard InChI is InChI=1S/C21H12F7IN2O2/c22-11-7-16(31-15-5-4-12(29)9-14(15)23)18(19(30)32)17(8-11)33-13-3-1-2-10(6-13)20(24,25)21(26,27)28/h1-9,31H,(H2,30,32).